The van der Waals surface area contributed by atoms with Gasteiger partial charge in [0.05, 0.1) is 31.0 Å². The second kappa shape index (κ2) is 16.6. The van der Waals surface area contributed by atoms with Crippen molar-refractivity contribution in [2.45, 2.75) is 112 Å². The molecule has 0 bridgehead atoms. The Balaban J connectivity index is -0.000000000293. The molecule has 726 valence electrons. The van der Waals surface area contributed by atoms with Crippen LogP contribution in [-0.2, 0) is 21.5 Å². The summed E-state index contributed by atoms with van der Waals surface area (Å²) in [7, 11) is 3.39. The van der Waals surface area contributed by atoms with Crippen molar-refractivity contribution < 1.29 is 372 Å². The largest absolute Gasteiger partial charge is 0.496 e. The first-order chi connectivity index (χ1) is 19.2. The fourth-order valence-corrected chi connectivity index (χ4v) is 6.32. The zero-order chi connectivity index (χ0) is 30.7. The summed E-state index contributed by atoms with van der Waals surface area (Å²) in [5, 5.41) is 14.3. The van der Waals surface area contributed by atoms with E-state index in [0.717, 1.165) is 54.7 Å². The fourth-order valence-electron chi connectivity index (χ4n) is 6.32. The van der Waals surface area contributed by atoms with Crippen molar-refractivity contribution in [1.29, 1.82) is 0 Å². The van der Waals surface area contributed by atoms with Gasteiger partial charge in [-0.15, -0.1) is 0 Å². The second-order valence-corrected chi connectivity index (χ2v) is 13.3. The summed E-state index contributed by atoms with van der Waals surface area (Å²) in [5.74, 6) is 2.47. The van der Waals surface area contributed by atoms with Gasteiger partial charge in [0.25, 0.3) is 0 Å². The zero-order valence-corrected chi connectivity index (χ0v) is 27.8. The van der Waals surface area contributed by atoms with Gasteiger partial charge >= 0.3 is 0 Å². The summed E-state index contributed by atoms with van der Waals surface area (Å²) in [6.45, 7) is 20.9. The molecule has 5 heteroatoms. The highest BCUT2D eigenvalue weighted by molar-refractivity contribution is 5.47. The van der Waals surface area contributed by atoms with E-state index in [1.807, 2.05) is 13.0 Å². The van der Waals surface area contributed by atoms with Gasteiger partial charge in [-0.3, -0.25) is 0 Å². The summed E-state index contributed by atoms with van der Waals surface area (Å²) < 4.78 is 17.9. The van der Waals surface area contributed by atoms with Gasteiger partial charge in [-0.2, -0.15) is 0 Å². The van der Waals surface area contributed by atoms with E-state index in [0.29, 0.717) is 24.3 Å². The van der Waals surface area contributed by atoms with Crippen LogP contribution < -0.4 is 10.1 Å². The molecule has 2 aromatic carbocycles. The van der Waals surface area contributed by atoms with Crippen molar-refractivity contribution in [3.63, 3.8) is 0 Å². The molecule has 0 radical (unpaired) electrons. The first kappa shape index (κ1) is 35.3. The molecular formula is C36H553NO4. The lowest BCUT2D eigenvalue weighted by atomic mass is 9.91. The highest BCUT2D eigenvalue weighted by atomic mass is 16.5. The van der Waals surface area contributed by atoms with Crippen LogP contribution >= 0.6 is 0 Å². The third kappa shape index (κ3) is 11.7. The summed E-state index contributed by atoms with van der Waals surface area (Å²) in [6.07, 6.45) is 4.84. The predicted molar refractivity (Wildman–Crippen MR) is 694 cm³/mol. The maximum Gasteiger partial charge on any atom is 0.127 e. The minimum Gasteiger partial charge on any atom is -0.496 e. The highest BCUT2D eigenvalue weighted by Gasteiger charge is 2.25. The van der Waals surface area contributed by atoms with E-state index < -0.39 is 5.60 Å². The Labute approximate surface area is 618 Å². The Bertz CT molecular complexity index is 1220. The molecule has 0 amide bonds. The quantitative estimate of drug-likeness (QED) is 0.156. The van der Waals surface area contributed by atoms with Gasteiger partial charge < -0.3 is 24.6 Å². The zero-order valence-electron chi connectivity index (χ0n) is 27.8. The van der Waals surface area contributed by atoms with Crippen LogP contribution in [0.1, 0.15) is 454 Å². The SMILES string of the molecule is COc1c(C)cc(C(CNCC(C)CC(C)CC(C)OC(C)CC(C)Cc2ccccc2C)OC)cc1C(C)(C)O.[HH].[HH].[HH].[HH].[HH].[HH].[HH].[HH].[HH].[HH].[HH].[HH].[HH].[HH].[HH].[HH].[HH].[HH].[HH].[HH].[HH].[HH].[HH].[HH].[HH].[HH].[HH].[HH].[HH].[HH].[HH].[HH].[HH].[HH].[HH].[HH].[HH].[HH].[HH].[HH].[HH].[HH].[HH].[HH].[HH].[HH].[HH].[HH].[HH].[HH].[HH].[HH].[HH].[HH].[HH].[HH].[HH].[HH].[HH].[HH].[HH].[HH].[HH].[HH].[HH].[HH].[HH].[HH].[HH].[HH].[HH].[HH].[HH].[HH].[HH].[HH].[HH].[HH].[HH].[HH].[HH].[HH].[HH].[HH].[HH].[HH].[HH].[HH].[HH].[HH].[HH].[HH].[HH].[HH].[HH].[HH].[HH].[HH].[HH].[HH].[HH].[HH].[HH].[HH].[HH].[HH].[HH].[HH].[HH].[HH].[HH].[HH].[HH].[HH].[HH].[HH].[HH].[HH].[HH].[HH].[HH].[HH].[HH].[HH].[HH].[HH].[HH].[HH].[HH].[HH].[HH].[HH].[HH].[HH].[HH].[HH].[HH].[HH].[HH].[HH].[HH].[HH].[HH].[HH].[HH].[HH].[HH].[HH].[HH].[HH].[HH].[HH].[HH].[HH].[HH].[HH].[HH].[HH].[HH].[HH].[HH].[HH].[HH].[HH].[HH].[HH].[HH].[HH].[HH].[HH].[HH].[HH].[HH].[HH].[HH].[HH].[HH].[HH].[HH].[HH].[HH].[HH].[HH].[HH].[HH].[HH].[HH].[HH].[HH].[HH].[HH].[HH].[HH].[HH].[HH].[HH].[HH].[HH].[HH].[HH].[HH].[HH].[HH].[HH].[HH].[HH].[HH].[HH].[HH].[HH].[HH].[HH].[HH].[HH].[HH].[HH].[HH].[HH].[HH].[HH].[HH].[HH].[HH].[HH].[HH].[HH].[HH].[HH].[HH].[HH].[HH].[HH].[HH].[HH].[HH].[HH].[HH].[HH].[HH].[HH].[HH].[HH].[HH].[HH].[HH].[HH].[HH]. The van der Waals surface area contributed by atoms with Crippen LogP contribution in [0.5, 0.6) is 5.75 Å². The molecule has 0 aliphatic heterocycles. The predicted octanol–water partition coefficient (Wildman–Crippen LogP) is 68.7. The summed E-state index contributed by atoms with van der Waals surface area (Å²) in [6, 6.07) is 12.8. The summed E-state index contributed by atoms with van der Waals surface area (Å²) in [4.78, 5) is 0. The average molecular weight is 1070 g/mol. The van der Waals surface area contributed by atoms with Crippen LogP contribution in [0.15, 0.2) is 36.4 Å². The molecule has 0 aliphatic rings. The minimum atomic E-state index is -0.999. The van der Waals surface area contributed by atoms with E-state index in [2.05, 4.69) is 77.2 Å². The van der Waals surface area contributed by atoms with Crippen molar-refractivity contribution in [3.8, 4) is 5.75 Å². The third-order valence-electron chi connectivity index (χ3n) is 8.21. The molecule has 5 nitrogen and oxygen atoms in total. The van der Waals surface area contributed by atoms with Gasteiger partial charge in [-0.1, -0.05) is 45.0 Å². The first-order valence-electron chi connectivity index (χ1n) is 15.6. The van der Waals surface area contributed by atoms with Crippen LogP contribution in [0, 0.1) is 31.6 Å². The number of methoxy groups -OCH3 is 2. The van der Waals surface area contributed by atoms with Gasteiger partial charge in [-0.05, 0) is 126 Å². The van der Waals surface area contributed by atoms with E-state index in [1.54, 1.807) is 28.1 Å². The Morgan fingerprint density at radius 2 is 1.46 bits per heavy atom. The molecule has 2 rings (SSSR count). The molecule has 0 aromatic heterocycles. The maximum atomic E-state index is 10.7. The monoisotopic (exact) mass is 1070 g/mol. The topological polar surface area (TPSA) is 60.0 Å². The molecule has 41 heavy (non-hydrogen) atoms. The van der Waals surface area contributed by atoms with Gasteiger partial charge in [-0.25, -0.2) is 0 Å². The summed E-state index contributed by atoms with van der Waals surface area (Å²) >= 11 is 0. The Morgan fingerprint density at radius 1 is 0.829 bits per heavy atom. The fraction of sp³-hybridized carbons (Fsp3) is 0.667. The molecule has 0 saturated carbocycles. The average Bonchev–Trinajstić information content (AvgIpc) is 2.86. The Kier molecular flexibility index (Phi) is 14.3. The third-order valence-corrected chi connectivity index (χ3v) is 8.21. The molecule has 0 aliphatic carbocycles. The number of hydrogen-bond acceptors (Lipinski definition) is 5. The number of aliphatic hydroxyl groups is 1. The van der Waals surface area contributed by atoms with Gasteiger partial charge in [0, 0.05) is 372 Å². The Hall–Kier alpha value is -1.92. The van der Waals surface area contributed by atoms with Gasteiger partial charge in [0.15, 0.2) is 0 Å². The lowest BCUT2D eigenvalue weighted by molar-refractivity contribution is -0.0146. The van der Waals surface area contributed by atoms with Gasteiger partial charge in [0.2, 0.25) is 0 Å². The van der Waals surface area contributed by atoms with Crippen molar-refractivity contribution in [2.24, 2.45) is 17.8 Å². The molecule has 6 atom stereocenters. The van der Waals surface area contributed by atoms with Crippen molar-refractivity contribution >= 4 is 0 Å². The number of ether oxygens (including phenoxy) is 3. The number of aryl methyl sites for hydroxylation is 2. The standard InChI is InChI=1S/C36H59NO4.247H2/c1-24(17-29(6)41-30(7)18-25(2)19-31-15-13-12-14-27(31)4)16-26(3)22-37-23-34(39-10)32-20-28(5)35(40-11)33(21-32)36(8,9)38;;;;;;;;;;;;;;;;;;;;;;;;;;;;;;;;;;;;;;;;;;;;;;;;;;;;;;;;;;;;;;;;;;;;;;;;;;;;;;;;;;;;;;;;;;;;;;;;;;;;;;;;;;;;;;;;;;;;;;;;;;;;;;;;;;;;;;;;;;;;;;;;;;;;;;;;;;;;;;;;;;;;;;;;;;;;;;;;;;;;;;;;;;;;;;;;;;;;;;;;;;;;;;;;;;;;;;;;;;;;;;;;;;;;;;;;;;;;;;;;;;;;;;;/h12-15,20-21,24-26,29-30,34,37-38H,16-19,22-23H2,1-11H3;247*1H. The van der Waals surface area contributed by atoms with Crippen molar-refractivity contribution in [1.82, 2.24) is 5.32 Å². The number of rotatable bonds is 18. The maximum absolute atomic E-state index is 10.7. The molecule has 0 spiro atoms. The van der Waals surface area contributed by atoms with Crippen LogP contribution in [0.4, 0.5) is 0 Å². The van der Waals surface area contributed by atoms with E-state index >= 15 is 0 Å². The lowest BCUT2D eigenvalue weighted by Gasteiger charge is -2.26. The number of nitrogens with one attached hydrogen (secondary N) is 1. The molecule has 2 N–H and O–H groups in total. The molecular weight excluding hydrogens is 510 g/mol. The highest BCUT2D eigenvalue weighted by Crippen LogP contribution is 2.35. The molecule has 0 saturated heterocycles. The lowest BCUT2D eigenvalue weighted by Crippen LogP contribution is -2.29. The molecule has 0 heterocycles. The smallest absolute Gasteiger partial charge is 0.127 e. The van der Waals surface area contributed by atoms with Crippen molar-refractivity contribution in [2.75, 3.05) is 27.3 Å². The van der Waals surface area contributed by atoms with Crippen molar-refractivity contribution in [3.05, 3.63) is 64.2 Å². The van der Waals surface area contributed by atoms with E-state index in [1.165, 1.54) is 11.1 Å². The normalized spacial score (nSPS) is 16.6. The van der Waals surface area contributed by atoms with Crippen LogP contribution in [0.25, 0.3) is 0 Å². The Morgan fingerprint density at radius 3 is 2.05 bits per heavy atom. The minimum absolute atomic E-state index is 0. The second-order valence-electron chi connectivity index (χ2n) is 13.3. The van der Waals surface area contributed by atoms with Gasteiger partial charge in [0.1, 0.15) is 5.75 Å². The van der Waals surface area contributed by atoms with Crippen LogP contribution in [0.3, 0.4) is 0 Å². The van der Waals surface area contributed by atoms with Crippen LogP contribution in [0.2, 0.25) is 0 Å². The number of benzene rings is 2. The molecule has 2 aromatic rings. The molecule has 6 unspecified atom stereocenters. The summed E-state index contributed by atoms with van der Waals surface area (Å²) in [5.41, 5.74) is 4.66. The van der Waals surface area contributed by atoms with E-state index in [9.17, 15) is 5.11 Å². The van der Waals surface area contributed by atoms with E-state index in [-0.39, 0.29) is 371 Å². The first-order valence-corrected chi connectivity index (χ1v) is 15.6. The van der Waals surface area contributed by atoms with E-state index in [4.69, 9.17) is 14.2 Å². The molecule has 0 fully saturated rings. The van der Waals surface area contributed by atoms with Crippen LogP contribution in [-0.4, -0.2) is 44.6 Å². The number of hydrogen-bond donors (Lipinski definition) is 2.